The van der Waals surface area contributed by atoms with Crippen LogP contribution in [-0.2, 0) is 14.4 Å². The van der Waals surface area contributed by atoms with E-state index in [-0.39, 0.29) is 17.7 Å². The molecule has 17 heavy (non-hydrogen) atoms. The second-order valence-corrected chi connectivity index (χ2v) is 4.37. The number of nitrogens with one attached hydrogen (secondary N) is 1. The molecule has 100 valence electrons. The van der Waals surface area contributed by atoms with Crippen LogP contribution in [0.2, 0.25) is 0 Å². The molecule has 0 heterocycles. The number of hydrogen-bond acceptors (Lipinski definition) is 5. The first kappa shape index (κ1) is 17.8. The van der Waals surface area contributed by atoms with Crippen LogP contribution in [0.5, 0.6) is 0 Å². The van der Waals surface area contributed by atoms with E-state index in [2.05, 4.69) is 15.3 Å². The zero-order valence-corrected chi connectivity index (χ0v) is 11.6. The third kappa shape index (κ3) is 20.5. The van der Waals surface area contributed by atoms with Crippen molar-refractivity contribution in [2.75, 3.05) is 7.05 Å². The predicted molar refractivity (Wildman–Crippen MR) is 65.8 cm³/mol. The van der Waals surface area contributed by atoms with E-state index in [9.17, 15) is 9.59 Å². The first-order valence-electron chi connectivity index (χ1n) is 5.18. The SMILES string of the molecule is CC(=O)ON=C(C)C.CNC(=O)OC(C)(C)C. The minimum atomic E-state index is -0.389. The molecule has 1 amide bonds. The maximum Gasteiger partial charge on any atom is 0.407 e. The summed E-state index contributed by atoms with van der Waals surface area (Å²) in [4.78, 5) is 24.8. The molecule has 0 atom stereocenters. The summed E-state index contributed by atoms with van der Waals surface area (Å²) in [5.41, 5.74) is 0.348. The number of oxime groups is 1. The molecule has 0 aromatic carbocycles. The number of carbonyl (C=O) groups excluding carboxylic acids is 2. The summed E-state index contributed by atoms with van der Waals surface area (Å²) in [6.07, 6.45) is -0.387. The quantitative estimate of drug-likeness (QED) is 0.436. The molecular formula is C11H22N2O4. The lowest BCUT2D eigenvalue weighted by Gasteiger charge is -2.18. The van der Waals surface area contributed by atoms with Gasteiger partial charge in [0.05, 0.1) is 5.71 Å². The maximum atomic E-state index is 10.5. The molecule has 0 saturated carbocycles. The highest BCUT2D eigenvalue weighted by molar-refractivity contribution is 5.79. The summed E-state index contributed by atoms with van der Waals surface area (Å²) in [6.45, 7) is 10.3. The fraction of sp³-hybridized carbons (Fsp3) is 0.727. The summed E-state index contributed by atoms with van der Waals surface area (Å²) >= 11 is 0. The second-order valence-electron chi connectivity index (χ2n) is 4.37. The minimum absolute atomic E-state index is 0.383. The second kappa shape index (κ2) is 8.55. The molecule has 0 unspecified atom stereocenters. The van der Waals surface area contributed by atoms with Gasteiger partial charge in [0.15, 0.2) is 0 Å². The van der Waals surface area contributed by atoms with Gasteiger partial charge in [-0.3, -0.25) is 0 Å². The fourth-order valence-corrected chi connectivity index (χ4v) is 0.485. The van der Waals surface area contributed by atoms with Crippen molar-refractivity contribution in [2.45, 2.75) is 47.1 Å². The smallest absolute Gasteiger partial charge is 0.407 e. The molecule has 0 aliphatic carbocycles. The van der Waals surface area contributed by atoms with E-state index >= 15 is 0 Å². The summed E-state index contributed by atoms with van der Waals surface area (Å²) in [6, 6.07) is 0. The molecule has 6 nitrogen and oxygen atoms in total. The molecule has 1 N–H and O–H groups in total. The van der Waals surface area contributed by atoms with Crippen LogP contribution in [0.4, 0.5) is 4.79 Å². The highest BCUT2D eigenvalue weighted by Gasteiger charge is 2.13. The van der Waals surface area contributed by atoms with E-state index in [1.807, 2.05) is 20.8 Å². The molecule has 0 aliphatic heterocycles. The lowest BCUT2D eigenvalue weighted by Crippen LogP contribution is -2.30. The summed E-state index contributed by atoms with van der Waals surface area (Å²) in [5, 5.41) is 5.75. The van der Waals surface area contributed by atoms with Crippen LogP contribution in [0.25, 0.3) is 0 Å². The lowest BCUT2D eigenvalue weighted by molar-refractivity contribution is -0.140. The highest BCUT2D eigenvalue weighted by Crippen LogP contribution is 2.05. The van der Waals surface area contributed by atoms with Crippen LogP contribution < -0.4 is 5.32 Å². The van der Waals surface area contributed by atoms with Crippen molar-refractivity contribution in [1.29, 1.82) is 0 Å². The molecular weight excluding hydrogens is 224 g/mol. The van der Waals surface area contributed by atoms with E-state index in [0.29, 0.717) is 0 Å². The van der Waals surface area contributed by atoms with Crippen LogP contribution in [0, 0.1) is 0 Å². The zero-order chi connectivity index (χ0) is 14.1. The van der Waals surface area contributed by atoms with Crippen molar-refractivity contribution >= 4 is 17.8 Å². The Morgan fingerprint density at radius 3 is 1.71 bits per heavy atom. The maximum absolute atomic E-state index is 10.5. The molecule has 0 rings (SSSR count). The van der Waals surface area contributed by atoms with Crippen molar-refractivity contribution in [3.05, 3.63) is 0 Å². The van der Waals surface area contributed by atoms with Gasteiger partial charge in [0.1, 0.15) is 5.60 Å². The Balaban J connectivity index is 0. The summed E-state index contributed by atoms with van der Waals surface area (Å²) < 4.78 is 4.84. The van der Waals surface area contributed by atoms with E-state index < -0.39 is 0 Å². The van der Waals surface area contributed by atoms with Crippen molar-refractivity contribution < 1.29 is 19.2 Å². The summed E-state index contributed by atoms with van der Waals surface area (Å²) in [5.74, 6) is -0.383. The third-order valence-electron chi connectivity index (χ3n) is 0.960. The molecule has 0 radical (unpaired) electrons. The van der Waals surface area contributed by atoms with Crippen LogP contribution in [0.3, 0.4) is 0 Å². The molecule has 0 aromatic heterocycles. The van der Waals surface area contributed by atoms with Crippen LogP contribution >= 0.6 is 0 Å². The molecule has 0 aromatic rings. The van der Waals surface area contributed by atoms with E-state index in [1.54, 1.807) is 13.8 Å². The molecule has 0 fully saturated rings. The van der Waals surface area contributed by atoms with Gasteiger partial charge in [-0.25, -0.2) is 9.59 Å². The lowest BCUT2D eigenvalue weighted by atomic mass is 10.2. The number of nitrogens with zero attached hydrogens (tertiary/aromatic N) is 1. The number of rotatable bonds is 1. The fourth-order valence-electron chi connectivity index (χ4n) is 0.485. The van der Waals surface area contributed by atoms with Gasteiger partial charge in [-0.1, -0.05) is 5.16 Å². The molecule has 0 spiro atoms. The van der Waals surface area contributed by atoms with Crippen LogP contribution in [0.15, 0.2) is 5.16 Å². The Hall–Kier alpha value is -1.59. The van der Waals surface area contributed by atoms with Crippen molar-refractivity contribution in [1.82, 2.24) is 5.32 Å². The Labute approximate surface area is 102 Å². The Bertz CT molecular complexity index is 276. The highest BCUT2D eigenvalue weighted by atomic mass is 16.7. The average Bonchev–Trinajstić information content (AvgIpc) is 2.13. The number of amides is 1. The van der Waals surface area contributed by atoms with Crippen molar-refractivity contribution in [2.24, 2.45) is 5.16 Å². The average molecular weight is 246 g/mol. The van der Waals surface area contributed by atoms with E-state index in [4.69, 9.17) is 4.74 Å². The van der Waals surface area contributed by atoms with Gasteiger partial charge in [-0.05, 0) is 34.6 Å². The number of alkyl carbamates (subject to hydrolysis) is 1. The first-order valence-corrected chi connectivity index (χ1v) is 5.18. The van der Waals surface area contributed by atoms with Gasteiger partial charge in [0, 0.05) is 14.0 Å². The summed E-state index contributed by atoms with van der Waals surface area (Å²) in [7, 11) is 1.54. The Morgan fingerprint density at radius 1 is 1.12 bits per heavy atom. The van der Waals surface area contributed by atoms with Crippen molar-refractivity contribution in [3.8, 4) is 0 Å². The van der Waals surface area contributed by atoms with Gasteiger partial charge in [-0.15, -0.1) is 0 Å². The number of hydrogen-bond donors (Lipinski definition) is 1. The standard InChI is InChI=1S/C6H13NO2.C5H9NO2/c1-6(2,3)9-5(8)7-4;1-4(2)6-8-5(3)7/h1-4H3,(H,7,8);1-3H3. The van der Waals surface area contributed by atoms with Gasteiger partial charge in [0.25, 0.3) is 0 Å². The predicted octanol–water partition coefficient (Wildman–Crippen LogP) is 2.09. The van der Waals surface area contributed by atoms with E-state index in [1.165, 1.54) is 14.0 Å². The van der Waals surface area contributed by atoms with Crippen LogP contribution in [-0.4, -0.2) is 30.4 Å². The molecule has 0 saturated heterocycles. The Kier molecular flexibility index (Phi) is 8.95. The topological polar surface area (TPSA) is 77.0 Å². The molecule has 0 aliphatic rings. The van der Waals surface area contributed by atoms with Gasteiger partial charge in [-0.2, -0.15) is 0 Å². The van der Waals surface area contributed by atoms with Gasteiger partial charge < -0.3 is 14.9 Å². The molecule has 6 heteroatoms. The van der Waals surface area contributed by atoms with E-state index in [0.717, 1.165) is 5.71 Å². The first-order chi connectivity index (χ1) is 7.58. The van der Waals surface area contributed by atoms with Gasteiger partial charge in [0.2, 0.25) is 0 Å². The normalized spacial score (nSPS) is 9.35. The van der Waals surface area contributed by atoms with Crippen molar-refractivity contribution in [3.63, 3.8) is 0 Å². The number of carbonyl (C=O) groups is 2. The molecule has 0 bridgehead atoms. The number of ether oxygens (including phenoxy) is 1. The van der Waals surface area contributed by atoms with Gasteiger partial charge >= 0.3 is 12.1 Å². The minimum Gasteiger partial charge on any atom is -0.444 e. The Morgan fingerprint density at radius 2 is 1.59 bits per heavy atom. The zero-order valence-electron chi connectivity index (χ0n) is 11.6. The third-order valence-corrected chi connectivity index (χ3v) is 0.960. The monoisotopic (exact) mass is 246 g/mol. The largest absolute Gasteiger partial charge is 0.444 e. The van der Waals surface area contributed by atoms with Crippen LogP contribution in [0.1, 0.15) is 41.5 Å².